The van der Waals surface area contributed by atoms with Crippen LogP contribution in [-0.2, 0) is 6.42 Å². The van der Waals surface area contributed by atoms with Crippen molar-refractivity contribution in [3.05, 3.63) is 55.6 Å². The Morgan fingerprint density at radius 3 is 2.44 bits per heavy atom. The topological polar surface area (TPSA) is 0 Å². The van der Waals surface area contributed by atoms with Crippen LogP contribution in [0.4, 0.5) is 0 Å². The number of alkyl halides is 1. The van der Waals surface area contributed by atoms with Crippen LogP contribution in [0.3, 0.4) is 0 Å². The molecule has 84 valence electrons. The first kappa shape index (κ1) is 12.6. The molecule has 0 radical (unpaired) electrons. The highest BCUT2D eigenvalue weighted by molar-refractivity contribution is 9.10. The lowest BCUT2D eigenvalue weighted by Crippen LogP contribution is -1.93. The molecule has 1 atom stereocenters. The molecule has 0 aliphatic rings. The molecule has 0 spiro atoms. The number of hydrogen-bond donors (Lipinski definition) is 0. The summed E-state index contributed by atoms with van der Waals surface area (Å²) in [5.41, 5.74) is 1.30. The van der Waals surface area contributed by atoms with Gasteiger partial charge in [0.15, 0.2) is 0 Å². The third-order valence-corrected chi connectivity index (χ3v) is 5.34. The molecule has 0 N–H and O–H groups in total. The fourth-order valence-electron chi connectivity index (χ4n) is 1.45. The second-order valence-corrected chi connectivity index (χ2v) is 6.81. The molecule has 0 amide bonds. The lowest BCUT2D eigenvalue weighted by atomic mass is 10.1. The SMILES string of the molecule is Clc1ccsc1C(Br)Cc1ccc(Br)cc1. The van der Waals surface area contributed by atoms with Crippen molar-refractivity contribution in [2.75, 3.05) is 0 Å². The van der Waals surface area contributed by atoms with Crippen molar-refractivity contribution >= 4 is 54.8 Å². The van der Waals surface area contributed by atoms with Gasteiger partial charge in [0.25, 0.3) is 0 Å². The van der Waals surface area contributed by atoms with Crippen molar-refractivity contribution in [2.24, 2.45) is 0 Å². The summed E-state index contributed by atoms with van der Waals surface area (Å²) < 4.78 is 1.11. The number of hydrogen-bond acceptors (Lipinski definition) is 1. The molecule has 0 fully saturated rings. The Kier molecular flexibility index (Phi) is 4.48. The molecule has 0 nitrogen and oxygen atoms in total. The van der Waals surface area contributed by atoms with Gasteiger partial charge in [-0.1, -0.05) is 55.6 Å². The summed E-state index contributed by atoms with van der Waals surface area (Å²) in [7, 11) is 0. The molecule has 0 aliphatic heterocycles. The van der Waals surface area contributed by atoms with Crippen molar-refractivity contribution in [3.8, 4) is 0 Å². The van der Waals surface area contributed by atoms with E-state index in [1.165, 1.54) is 10.4 Å². The van der Waals surface area contributed by atoms with Crippen LogP contribution >= 0.6 is 54.8 Å². The normalized spacial score (nSPS) is 12.7. The summed E-state index contributed by atoms with van der Waals surface area (Å²) in [6, 6.07) is 10.3. The average Bonchev–Trinajstić information content (AvgIpc) is 2.68. The lowest BCUT2D eigenvalue weighted by Gasteiger charge is -2.08. The fraction of sp³-hybridized carbons (Fsp3) is 0.167. The van der Waals surface area contributed by atoms with Crippen LogP contribution in [-0.4, -0.2) is 0 Å². The van der Waals surface area contributed by atoms with E-state index in [0.717, 1.165) is 15.9 Å². The highest BCUT2D eigenvalue weighted by Gasteiger charge is 2.13. The first-order chi connectivity index (χ1) is 7.66. The smallest absolute Gasteiger partial charge is 0.0556 e. The van der Waals surface area contributed by atoms with Crippen LogP contribution in [0.1, 0.15) is 15.3 Å². The van der Waals surface area contributed by atoms with Crippen molar-refractivity contribution in [2.45, 2.75) is 11.2 Å². The Bertz CT molecular complexity index is 464. The second kappa shape index (κ2) is 5.67. The van der Waals surface area contributed by atoms with Crippen LogP contribution in [0.2, 0.25) is 5.02 Å². The Morgan fingerprint density at radius 1 is 1.19 bits per heavy atom. The summed E-state index contributed by atoms with van der Waals surface area (Å²) in [6.45, 7) is 0. The maximum atomic E-state index is 6.10. The zero-order valence-corrected chi connectivity index (χ0v) is 13.0. The monoisotopic (exact) mass is 378 g/mol. The molecule has 0 bridgehead atoms. The molecular weight excluding hydrogens is 371 g/mol. The van der Waals surface area contributed by atoms with Crippen LogP contribution in [0, 0.1) is 0 Å². The van der Waals surface area contributed by atoms with E-state index in [1.807, 2.05) is 11.4 Å². The molecule has 2 rings (SSSR count). The van der Waals surface area contributed by atoms with E-state index in [2.05, 4.69) is 56.1 Å². The van der Waals surface area contributed by atoms with Gasteiger partial charge in [0.2, 0.25) is 0 Å². The number of benzene rings is 1. The molecule has 0 saturated carbocycles. The van der Waals surface area contributed by atoms with Gasteiger partial charge in [-0.25, -0.2) is 0 Å². The third-order valence-electron chi connectivity index (χ3n) is 2.26. The molecule has 0 aliphatic carbocycles. The Hall–Kier alpha value is 0.170. The van der Waals surface area contributed by atoms with Gasteiger partial charge in [0.1, 0.15) is 0 Å². The van der Waals surface area contributed by atoms with Crippen LogP contribution in [0.15, 0.2) is 40.2 Å². The Balaban J connectivity index is 2.10. The van der Waals surface area contributed by atoms with E-state index in [4.69, 9.17) is 11.6 Å². The maximum Gasteiger partial charge on any atom is 0.0556 e. The zero-order valence-electron chi connectivity index (χ0n) is 8.29. The van der Waals surface area contributed by atoms with E-state index >= 15 is 0 Å². The predicted octanol–water partition coefficient (Wildman–Crippen LogP) is 5.84. The first-order valence-electron chi connectivity index (χ1n) is 4.78. The largest absolute Gasteiger partial charge is 0.146 e. The molecular formula is C12H9Br2ClS. The first-order valence-corrected chi connectivity index (χ1v) is 7.75. The van der Waals surface area contributed by atoms with E-state index < -0.39 is 0 Å². The molecule has 1 unspecified atom stereocenters. The van der Waals surface area contributed by atoms with E-state index in [1.54, 1.807) is 11.3 Å². The summed E-state index contributed by atoms with van der Waals surface area (Å²) in [4.78, 5) is 1.49. The standard InChI is InChI=1S/C12H9Br2ClS/c13-9-3-1-8(2-4-9)7-10(14)12-11(15)5-6-16-12/h1-6,10H,7H2. The van der Waals surface area contributed by atoms with Gasteiger partial charge in [0, 0.05) is 9.35 Å². The summed E-state index contributed by atoms with van der Waals surface area (Å²) in [5.74, 6) is 0. The van der Waals surface area contributed by atoms with Crippen molar-refractivity contribution in [1.82, 2.24) is 0 Å². The van der Waals surface area contributed by atoms with E-state index in [-0.39, 0.29) is 0 Å². The van der Waals surface area contributed by atoms with Crippen molar-refractivity contribution in [3.63, 3.8) is 0 Å². The average molecular weight is 381 g/mol. The minimum absolute atomic E-state index is 0.293. The number of rotatable bonds is 3. The van der Waals surface area contributed by atoms with Gasteiger partial charge in [0.05, 0.1) is 9.85 Å². The zero-order chi connectivity index (χ0) is 11.5. The van der Waals surface area contributed by atoms with Gasteiger partial charge >= 0.3 is 0 Å². The predicted molar refractivity (Wildman–Crippen MR) is 78.8 cm³/mol. The summed E-state index contributed by atoms with van der Waals surface area (Å²) >= 11 is 14.9. The van der Waals surface area contributed by atoms with Crippen molar-refractivity contribution < 1.29 is 0 Å². The molecule has 16 heavy (non-hydrogen) atoms. The van der Waals surface area contributed by atoms with Gasteiger partial charge in [-0.2, -0.15) is 0 Å². The van der Waals surface area contributed by atoms with E-state index in [9.17, 15) is 0 Å². The quantitative estimate of drug-likeness (QED) is 0.587. The lowest BCUT2D eigenvalue weighted by molar-refractivity contribution is 0.969. The third kappa shape index (κ3) is 3.10. The molecule has 4 heteroatoms. The maximum absolute atomic E-state index is 6.10. The minimum atomic E-state index is 0.293. The van der Waals surface area contributed by atoms with Gasteiger partial charge in [-0.15, -0.1) is 11.3 Å². The highest BCUT2D eigenvalue weighted by atomic mass is 79.9. The molecule has 1 aromatic heterocycles. The highest BCUT2D eigenvalue weighted by Crippen LogP contribution is 2.36. The minimum Gasteiger partial charge on any atom is -0.146 e. The van der Waals surface area contributed by atoms with Gasteiger partial charge in [-0.05, 0) is 35.6 Å². The van der Waals surface area contributed by atoms with Gasteiger partial charge < -0.3 is 0 Å². The fourth-order valence-corrected chi connectivity index (χ4v) is 3.95. The summed E-state index contributed by atoms with van der Waals surface area (Å²) in [5, 5.41) is 2.87. The molecule has 1 aromatic carbocycles. The van der Waals surface area contributed by atoms with Gasteiger partial charge in [-0.3, -0.25) is 0 Å². The molecule has 2 aromatic rings. The van der Waals surface area contributed by atoms with Crippen molar-refractivity contribution in [1.29, 1.82) is 0 Å². The van der Waals surface area contributed by atoms with Crippen LogP contribution in [0.25, 0.3) is 0 Å². The Labute approximate surface area is 121 Å². The summed E-state index contributed by atoms with van der Waals surface area (Å²) in [6.07, 6.45) is 0.952. The van der Waals surface area contributed by atoms with Crippen LogP contribution < -0.4 is 0 Å². The second-order valence-electron chi connectivity index (χ2n) is 3.43. The van der Waals surface area contributed by atoms with E-state index in [0.29, 0.717) is 4.83 Å². The van der Waals surface area contributed by atoms with Crippen LogP contribution in [0.5, 0.6) is 0 Å². The Morgan fingerprint density at radius 2 is 1.88 bits per heavy atom. The number of thiophene rings is 1. The number of halogens is 3. The molecule has 1 heterocycles. The molecule has 0 saturated heterocycles.